The Morgan fingerprint density at radius 3 is 2.73 bits per heavy atom. The zero-order valence-electron chi connectivity index (χ0n) is 9.71. The molecule has 0 amide bonds. The maximum Gasteiger partial charge on any atom is 0.0662 e. The van der Waals surface area contributed by atoms with Gasteiger partial charge in [0.1, 0.15) is 0 Å². The van der Waals surface area contributed by atoms with Gasteiger partial charge in [-0.3, -0.25) is 0 Å². The molecule has 1 aromatic rings. The van der Waals surface area contributed by atoms with Gasteiger partial charge in [0, 0.05) is 5.54 Å². The van der Waals surface area contributed by atoms with Crippen LogP contribution in [0.1, 0.15) is 31.0 Å². The van der Waals surface area contributed by atoms with E-state index in [0.717, 1.165) is 13.2 Å². The van der Waals surface area contributed by atoms with Gasteiger partial charge in [-0.25, -0.2) is 0 Å². The summed E-state index contributed by atoms with van der Waals surface area (Å²) >= 11 is 0. The number of rotatable bonds is 1. The summed E-state index contributed by atoms with van der Waals surface area (Å²) < 4.78 is 5.64. The molecule has 0 saturated carbocycles. The van der Waals surface area contributed by atoms with Crippen molar-refractivity contribution in [1.29, 1.82) is 0 Å². The highest BCUT2D eigenvalue weighted by atomic mass is 16.5. The van der Waals surface area contributed by atoms with Crippen LogP contribution in [0, 0.1) is 6.92 Å². The van der Waals surface area contributed by atoms with Gasteiger partial charge in [-0.05, 0) is 31.9 Å². The molecule has 0 aromatic heterocycles. The van der Waals surface area contributed by atoms with Gasteiger partial charge in [-0.15, -0.1) is 0 Å². The first-order valence-corrected chi connectivity index (χ1v) is 5.49. The third-order valence-corrected chi connectivity index (χ3v) is 2.88. The molecule has 0 radical (unpaired) electrons. The topological polar surface area (TPSA) is 21.3 Å². The van der Waals surface area contributed by atoms with Gasteiger partial charge in [0.2, 0.25) is 0 Å². The second-order valence-corrected chi connectivity index (χ2v) is 4.95. The Kier molecular flexibility index (Phi) is 2.81. The monoisotopic (exact) mass is 205 g/mol. The molecule has 1 atom stereocenters. The van der Waals surface area contributed by atoms with Crippen molar-refractivity contribution in [2.75, 3.05) is 13.2 Å². The van der Waals surface area contributed by atoms with Crippen LogP contribution in [-0.2, 0) is 4.74 Å². The Morgan fingerprint density at radius 1 is 1.33 bits per heavy atom. The number of morpholine rings is 1. The van der Waals surface area contributed by atoms with E-state index in [0.29, 0.717) is 6.04 Å². The van der Waals surface area contributed by atoms with Crippen molar-refractivity contribution in [3.63, 3.8) is 0 Å². The highest BCUT2D eigenvalue weighted by Crippen LogP contribution is 2.24. The molecule has 15 heavy (non-hydrogen) atoms. The van der Waals surface area contributed by atoms with E-state index in [1.807, 2.05) is 0 Å². The van der Waals surface area contributed by atoms with E-state index in [1.165, 1.54) is 11.1 Å². The molecule has 2 heteroatoms. The summed E-state index contributed by atoms with van der Waals surface area (Å²) in [6.45, 7) is 8.07. The van der Waals surface area contributed by atoms with Gasteiger partial charge in [0.25, 0.3) is 0 Å². The molecule has 0 bridgehead atoms. The summed E-state index contributed by atoms with van der Waals surface area (Å²) in [5.41, 5.74) is 2.76. The lowest BCUT2D eigenvalue weighted by molar-refractivity contribution is 0.0126. The minimum Gasteiger partial charge on any atom is -0.378 e. The van der Waals surface area contributed by atoms with Crippen LogP contribution < -0.4 is 5.32 Å². The SMILES string of the molecule is Cc1ccccc1C1COCC(C)(C)N1. The predicted octanol–water partition coefficient (Wildman–Crippen LogP) is 2.43. The maximum atomic E-state index is 5.64. The molecule has 1 N–H and O–H groups in total. The van der Waals surface area contributed by atoms with Gasteiger partial charge in [0.15, 0.2) is 0 Å². The Morgan fingerprint density at radius 2 is 2.07 bits per heavy atom. The zero-order valence-corrected chi connectivity index (χ0v) is 9.71. The molecule has 1 heterocycles. The lowest BCUT2D eigenvalue weighted by Gasteiger charge is -2.37. The normalized spacial score (nSPS) is 25.1. The number of benzene rings is 1. The van der Waals surface area contributed by atoms with Crippen molar-refractivity contribution >= 4 is 0 Å². The molecule has 82 valence electrons. The van der Waals surface area contributed by atoms with Crippen molar-refractivity contribution in [1.82, 2.24) is 5.32 Å². The molecule has 1 aliphatic heterocycles. The number of hydrogen-bond donors (Lipinski definition) is 1. The summed E-state index contributed by atoms with van der Waals surface area (Å²) in [6, 6.07) is 8.82. The van der Waals surface area contributed by atoms with Crippen LogP contribution in [0.5, 0.6) is 0 Å². The van der Waals surface area contributed by atoms with Crippen molar-refractivity contribution in [3.05, 3.63) is 35.4 Å². The molecule has 0 spiro atoms. The van der Waals surface area contributed by atoms with Crippen LogP contribution in [0.3, 0.4) is 0 Å². The van der Waals surface area contributed by atoms with E-state index in [9.17, 15) is 0 Å². The highest BCUT2D eigenvalue weighted by Gasteiger charge is 2.28. The van der Waals surface area contributed by atoms with Gasteiger partial charge in [-0.1, -0.05) is 24.3 Å². The fourth-order valence-corrected chi connectivity index (χ4v) is 2.13. The van der Waals surface area contributed by atoms with E-state index in [-0.39, 0.29) is 5.54 Å². The second-order valence-electron chi connectivity index (χ2n) is 4.95. The summed E-state index contributed by atoms with van der Waals surface area (Å²) in [4.78, 5) is 0. The number of ether oxygens (including phenoxy) is 1. The lowest BCUT2D eigenvalue weighted by Crippen LogP contribution is -2.51. The molecule has 1 fully saturated rings. The van der Waals surface area contributed by atoms with Crippen LogP contribution >= 0.6 is 0 Å². The van der Waals surface area contributed by atoms with Crippen LogP contribution in [0.4, 0.5) is 0 Å². The van der Waals surface area contributed by atoms with Crippen molar-refractivity contribution in [2.24, 2.45) is 0 Å². The second kappa shape index (κ2) is 3.95. The first kappa shape index (κ1) is 10.7. The van der Waals surface area contributed by atoms with E-state index < -0.39 is 0 Å². The summed E-state index contributed by atoms with van der Waals surface area (Å²) in [5, 5.41) is 3.62. The van der Waals surface area contributed by atoms with Crippen LogP contribution in [0.2, 0.25) is 0 Å². The van der Waals surface area contributed by atoms with E-state index in [1.54, 1.807) is 0 Å². The summed E-state index contributed by atoms with van der Waals surface area (Å²) in [5.74, 6) is 0. The smallest absolute Gasteiger partial charge is 0.0662 e. The summed E-state index contributed by atoms with van der Waals surface area (Å²) in [7, 11) is 0. The molecule has 0 aliphatic carbocycles. The lowest BCUT2D eigenvalue weighted by atomic mass is 9.96. The standard InChI is InChI=1S/C13H19NO/c1-10-6-4-5-7-11(10)12-8-15-9-13(2,3)14-12/h4-7,12,14H,8-9H2,1-3H3. The van der Waals surface area contributed by atoms with Crippen LogP contribution in [0.15, 0.2) is 24.3 Å². The third kappa shape index (κ3) is 2.39. The largest absolute Gasteiger partial charge is 0.378 e. The number of aryl methyl sites for hydroxylation is 1. The Labute approximate surface area is 91.6 Å². The third-order valence-electron chi connectivity index (χ3n) is 2.88. The summed E-state index contributed by atoms with van der Waals surface area (Å²) in [6.07, 6.45) is 0. The number of nitrogens with one attached hydrogen (secondary N) is 1. The highest BCUT2D eigenvalue weighted by molar-refractivity contribution is 5.29. The minimum absolute atomic E-state index is 0.0746. The van der Waals surface area contributed by atoms with E-state index in [4.69, 9.17) is 4.74 Å². The Hall–Kier alpha value is -0.860. The molecule has 2 nitrogen and oxygen atoms in total. The van der Waals surface area contributed by atoms with Gasteiger partial charge >= 0.3 is 0 Å². The Bertz CT molecular complexity index is 346. The maximum absolute atomic E-state index is 5.64. The first-order valence-electron chi connectivity index (χ1n) is 5.49. The minimum atomic E-state index is 0.0746. The van der Waals surface area contributed by atoms with Gasteiger partial charge in [-0.2, -0.15) is 0 Å². The molecule has 2 rings (SSSR count). The van der Waals surface area contributed by atoms with E-state index in [2.05, 4.69) is 50.4 Å². The van der Waals surface area contributed by atoms with Gasteiger partial charge < -0.3 is 10.1 Å². The average Bonchev–Trinajstić information content (AvgIpc) is 2.17. The molecule has 1 aliphatic rings. The first-order chi connectivity index (χ1) is 7.08. The average molecular weight is 205 g/mol. The zero-order chi connectivity index (χ0) is 10.9. The molecule has 1 aromatic carbocycles. The number of hydrogen-bond acceptors (Lipinski definition) is 2. The van der Waals surface area contributed by atoms with Crippen molar-refractivity contribution in [2.45, 2.75) is 32.4 Å². The fraction of sp³-hybridized carbons (Fsp3) is 0.538. The predicted molar refractivity (Wildman–Crippen MR) is 62.0 cm³/mol. The molecule has 1 unspecified atom stereocenters. The van der Waals surface area contributed by atoms with Crippen molar-refractivity contribution in [3.8, 4) is 0 Å². The molecule has 1 saturated heterocycles. The van der Waals surface area contributed by atoms with Crippen molar-refractivity contribution < 1.29 is 4.74 Å². The van der Waals surface area contributed by atoms with Crippen LogP contribution in [0.25, 0.3) is 0 Å². The van der Waals surface area contributed by atoms with E-state index >= 15 is 0 Å². The Balaban J connectivity index is 2.21. The quantitative estimate of drug-likeness (QED) is 0.760. The van der Waals surface area contributed by atoms with Gasteiger partial charge in [0.05, 0.1) is 19.3 Å². The van der Waals surface area contributed by atoms with Crippen LogP contribution in [-0.4, -0.2) is 18.8 Å². The fourth-order valence-electron chi connectivity index (χ4n) is 2.13. The molecular weight excluding hydrogens is 186 g/mol. The molecular formula is C13H19NO.